The van der Waals surface area contributed by atoms with Crippen molar-refractivity contribution in [2.45, 2.75) is 33.9 Å². The molecule has 3 aromatic rings. The zero-order valence-corrected chi connectivity index (χ0v) is 20.9. The van der Waals surface area contributed by atoms with Crippen LogP contribution in [-0.2, 0) is 13.2 Å². The smallest absolute Gasteiger partial charge is 0.120 e. The van der Waals surface area contributed by atoms with Gasteiger partial charge >= 0.3 is 0 Å². The van der Waals surface area contributed by atoms with Gasteiger partial charge in [-0.3, -0.25) is 4.90 Å². The number of allylic oxidation sites excluding steroid dienone is 1. The van der Waals surface area contributed by atoms with Crippen molar-refractivity contribution in [2.75, 3.05) is 13.6 Å². The van der Waals surface area contributed by atoms with Crippen LogP contribution in [0.5, 0.6) is 5.75 Å². The topological polar surface area (TPSA) is 12.5 Å². The molecule has 0 bridgehead atoms. The lowest BCUT2D eigenvalue weighted by Crippen LogP contribution is -2.17. The first-order valence-corrected chi connectivity index (χ1v) is 11.1. The zero-order chi connectivity index (χ0) is 22.8. The molecule has 0 atom stereocenters. The third kappa shape index (κ3) is 9.58. The summed E-state index contributed by atoms with van der Waals surface area (Å²) in [4.78, 5) is 2.26. The highest BCUT2D eigenvalue weighted by Crippen LogP contribution is 2.21. The molecular weight excluding hydrogens is 426 g/mol. The number of nitrogens with zero attached hydrogens (tertiary/aromatic N) is 1. The second kappa shape index (κ2) is 12.9. The highest BCUT2D eigenvalue weighted by atomic mass is 35.5. The molecule has 0 saturated heterocycles. The van der Waals surface area contributed by atoms with E-state index in [-0.39, 0.29) is 17.8 Å². The number of rotatable bonds is 8. The van der Waals surface area contributed by atoms with E-state index >= 15 is 0 Å². The van der Waals surface area contributed by atoms with Crippen molar-refractivity contribution < 1.29 is 4.74 Å². The molecule has 0 heterocycles. The molecule has 3 rings (SSSR count). The van der Waals surface area contributed by atoms with Crippen molar-refractivity contribution in [1.29, 1.82) is 0 Å². The summed E-state index contributed by atoms with van der Waals surface area (Å²) in [5, 5.41) is 0. The Bertz CT molecular complexity index is 1090. The Morgan fingerprint density at radius 3 is 2.30 bits per heavy atom. The summed E-state index contributed by atoms with van der Waals surface area (Å²) in [7, 11) is 2.12. The molecule has 0 saturated carbocycles. The number of hydrogen-bond acceptors (Lipinski definition) is 2. The highest BCUT2D eigenvalue weighted by Gasteiger charge is 2.04. The van der Waals surface area contributed by atoms with Crippen LogP contribution in [0.1, 0.15) is 31.9 Å². The first kappa shape index (κ1) is 26.3. The minimum absolute atomic E-state index is 0. The lowest BCUT2D eigenvalue weighted by atomic mass is 9.98. The fourth-order valence-corrected chi connectivity index (χ4v) is 3.30. The Labute approximate surface area is 205 Å². The maximum absolute atomic E-state index is 6.10. The lowest BCUT2D eigenvalue weighted by molar-refractivity contribution is 0.304. The van der Waals surface area contributed by atoms with E-state index in [0.717, 1.165) is 24.4 Å². The van der Waals surface area contributed by atoms with Crippen LogP contribution in [0.25, 0.3) is 11.1 Å². The average Bonchev–Trinajstić information content (AvgIpc) is 2.78. The highest BCUT2D eigenvalue weighted by molar-refractivity contribution is 5.85. The Kier molecular flexibility index (Phi) is 10.3. The zero-order valence-electron chi connectivity index (χ0n) is 20.0. The largest absolute Gasteiger partial charge is 0.489 e. The van der Waals surface area contributed by atoms with Crippen LogP contribution in [-0.4, -0.2) is 18.5 Å². The molecule has 2 nitrogen and oxygen atoms in total. The number of ether oxygens (including phenoxy) is 1. The first-order valence-electron chi connectivity index (χ1n) is 11.1. The first-order chi connectivity index (χ1) is 15.4. The number of likely N-dealkylation sites (N-methyl/N-ethyl adjacent to an activating group) is 1. The third-order valence-corrected chi connectivity index (χ3v) is 4.86. The van der Waals surface area contributed by atoms with E-state index in [1.165, 1.54) is 16.7 Å². The minimum atomic E-state index is 0. The van der Waals surface area contributed by atoms with E-state index in [1.807, 2.05) is 18.2 Å². The summed E-state index contributed by atoms with van der Waals surface area (Å²) in [6, 6.07) is 27.3. The summed E-state index contributed by atoms with van der Waals surface area (Å²) < 4.78 is 6.10. The molecule has 0 aromatic heterocycles. The number of hydrogen-bond donors (Lipinski definition) is 0. The monoisotopic (exact) mass is 459 g/mol. The van der Waals surface area contributed by atoms with Crippen LogP contribution >= 0.6 is 12.4 Å². The van der Waals surface area contributed by atoms with Gasteiger partial charge in [0.15, 0.2) is 0 Å². The molecule has 33 heavy (non-hydrogen) atoms. The van der Waals surface area contributed by atoms with Crippen LogP contribution in [0, 0.1) is 17.3 Å². The lowest BCUT2D eigenvalue weighted by Gasteiger charge is -2.15. The molecule has 0 radical (unpaired) electrons. The van der Waals surface area contributed by atoms with Crippen LogP contribution < -0.4 is 4.74 Å². The average molecular weight is 460 g/mol. The van der Waals surface area contributed by atoms with E-state index in [9.17, 15) is 0 Å². The van der Waals surface area contributed by atoms with Crippen LogP contribution in [0.15, 0.2) is 91.0 Å². The molecule has 0 fully saturated rings. The SMILES string of the molecule is CN(C/C=C/C#CC(C)(C)C)Cc1cccc(OCc2cccc(-c3ccccc3)c2)c1.Cl. The molecule has 0 N–H and O–H groups in total. The molecule has 0 spiro atoms. The van der Waals surface area contributed by atoms with Gasteiger partial charge in [0.2, 0.25) is 0 Å². The van der Waals surface area contributed by atoms with Crippen LogP contribution in [0.3, 0.4) is 0 Å². The van der Waals surface area contributed by atoms with E-state index < -0.39 is 0 Å². The second-order valence-electron chi connectivity index (χ2n) is 9.12. The second-order valence-corrected chi connectivity index (χ2v) is 9.12. The Morgan fingerprint density at radius 2 is 1.55 bits per heavy atom. The van der Waals surface area contributed by atoms with Gasteiger partial charge in [-0.05, 0) is 74.3 Å². The fourth-order valence-electron chi connectivity index (χ4n) is 3.30. The molecule has 172 valence electrons. The van der Waals surface area contributed by atoms with Gasteiger partial charge in [-0.1, -0.05) is 78.6 Å². The molecule has 0 aliphatic rings. The summed E-state index contributed by atoms with van der Waals surface area (Å²) >= 11 is 0. The van der Waals surface area contributed by atoms with Gasteiger partial charge in [0.1, 0.15) is 12.4 Å². The molecule has 0 amide bonds. The van der Waals surface area contributed by atoms with Crippen molar-refractivity contribution in [3.63, 3.8) is 0 Å². The molecule has 0 aliphatic carbocycles. The standard InChI is InChI=1S/C30H33NO.ClH/c1-30(2,3)19-9-6-10-20-31(4)23-25-13-12-18-29(22-25)32-24-26-14-11-17-28(21-26)27-15-7-5-8-16-27;/h5-8,10-18,21-22H,20,23-24H2,1-4H3;1H/b10-6+;. The maximum atomic E-state index is 6.10. The third-order valence-electron chi connectivity index (χ3n) is 4.86. The van der Waals surface area contributed by atoms with Gasteiger partial charge in [0.25, 0.3) is 0 Å². The van der Waals surface area contributed by atoms with Gasteiger partial charge in [-0.15, -0.1) is 12.4 Å². The van der Waals surface area contributed by atoms with Gasteiger partial charge < -0.3 is 4.74 Å². The Morgan fingerprint density at radius 1 is 0.848 bits per heavy atom. The summed E-state index contributed by atoms with van der Waals surface area (Å²) in [6.45, 7) is 8.63. The quantitative estimate of drug-likeness (QED) is 0.325. The normalized spacial score (nSPS) is 11.1. The predicted octanol–water partition coefficient (Wildman–Crippen LogP) is 7.39. The van der Waals surface area contributed by atoms with E-state index in [4.69, 9.17) is 4.74 Å². The van der Waals surface area contributed by atoms with Gasteiger partial charge in [0, 0.05) is 18.5 Å². The molecule has 0 unspecified atom stereocenters. The van der Waals surface area contributed by atoms with Crippen molar-refractivity contribution in [3.8, 4) is 28.7 Å². The summed E-state index contributed by atoms with van der Waals surface area (Å²) in [5.41, 5.74) is 4.87. The molecular formula is C30H34ClNO. The van der Waals surface area contributed by atoms with E-state index in [1.54, 1.807) is 0 Å². The van der Waals surface area contributed by atoms with Crippen molar-refractivity contribution >= 4 is 12.4 Å². The van der Waals surface area contributed by atoms with Crippen molar-refractivity contribution in [1.82, 2.24) is 4.90 Å². The van der Waals surface area contributed by atoms with Crippen LogP contribution in [0.4, 0.5) is 0 Å². The van der Waals surface area contributed by atoms with Crippen molar-refractivity contribution in [2.24, 2.45) is 5.41 Å². The van der Waals surface area contributed by atoms with Gasteiger partial charge in [0.05, 0.1) is 0 Å². The predicted molar refractivity (Wildman–Crippen MR) is 143 cm³/mol. The molecule has 3 heteroatoms. The summed E-state index contributed by atoms with van der Waals surface area (Å²) in [6.07, 6.45) is 4.06. The van der Waals surface area contributed by atoms with Gasteiger partial charge in [-0.2, -0.15) is 0 Å². The van der Waals surface area contributed by atoms with E-state index in [2.05, 4.69) is 117 Å². The Hall–Kier alpha value is -2.99. The molecule has 3 aromatic carbocycles. The summed E-state index contributed by atoms with van der Waals surface area (Å²) in [5.74, 6) is 7.24. The number of halogens is 1. The number of benzene rings is 3. The maximum Gasteiger partial charge on any atom is 0.120 e. The van der Waals surface area contributed by atoms with E-state index in [0.29, 0.717) is 6.61 Å². The van der Waals surface area contributed by atoms with Gasteiger partial charge in [-0.25, -0.2) is 0 Å². The minimum Gasteiger partial charge on any atom is -0.489 e. The fraction of sp³-hybridized carbons (Fsp3) is 0.267. The Balaban J connectivity index is 0.00000385. The molecule has 0 aliphatic heterocycles. The van der Waals surface area contributed by atoms with Crippen molar-refractivity contribution in [3.05, 3.63) is 102 Å². The van der Waals surface area contributed by atoms with Crippen LogP contribution in [0.2, 0.25) is 0 Å².